The summed E-state index contributed by atoms with van der Waals surface area (Å²) >= 11 is 0. The lowest BCUT2D eigenvalue weighted by molar-refractivity contribution is -0.122. The van der Waals surface area contributed by atoms with E-state index in [4.69, 9.17) is 5.73 Å². The van der Waals surface area contributed by atoms with Gasteiger partial charge in [-0.25, -0.2) is 14.2 Å². The largest absolute Gasteiger partial charge is 0.368 e. The first-order chi connectivity index (χ1) is 12.1. The monoisotopic (exact) mass is 361 g/mol. The fourth-order valence-electron chi connectivity index (χ4n) is 2.82. The molecule has 2 aromatic rings. The highest BCUT2D eigenvalue weighted by atomic mass is 16.2. The molecule has 2 heterocycles. The lowest BCUT2D eigenvalue weighted by Crippen LogP contribution is -2.54. The molecule has 26 heavy (non-hydrogen) atoms. The average Bonchev–Trinajstić information content (AvgIpc) is 2.83. The number of pyridine rings is 1. The fraction of sp³-hybridized carbons (Fsp3) is 0.556. The molecular weight excluding hydrogens is 334 g/mol. The molecule has 0 saturated carbocycles. The maximum absolute atomic E-state index is 12.9. The number of carbonyl (C=O) groups is 2. The quantitative estimate of drug-likeness (QED) is 0.844. The van der Waals surface area contributed by atoms with Gasteiger partial charge < -0.3 is 11.1 Å². The third-order valence-electron chi connectivity index (χ3n) is 4.54. The number of fused-ring (bicyclic) bond motifs is 1. The number of nitrogens with one attached hydrogen (secondary N) is 1. The minimum atomic E-state index is -0.906. The number of nitrogens with zero attached hydrogens (tertiary/aromatic N) is 3. The average molecular weight is 361 g/mol. The van der Waals surface area contributed by atoms with Crippen molar-refractivity contribution in [1.82, 2.24) is 19.4 Å². The lowest BCUT2D eigenvalue weighted by atomic mass is 9.86. The van der Waals surface area contributed by atoms with Crippen molar-refractivity contribution in [1.29, 1.82) is 0 Å². The van der Waals surface area contributed by atoms with E-state index in [2.05, 4.69) is 10.3 Å². The molecule has 3 N–H and O–H groups in total. The van der Waals surface area contributed by atoms with Crippen LogP contribution in [0.1, 0.15) is 41.0 Å². The number of carbonyl (C=O) groups excluding carboxylic acids is 2. The number of imidazole rings is 1. The predicted molar refractivity (Wildman–Crippen MR) is 99.8 cm³/mol. The zero-order chi connectivity index (χ0) is 19.6. The molecule has 0 aliphatic rings. The van der Waals surface area contributed by atoms with Gasteiger partial charge in [0.05, 0.1) is 17.2 Å². The summed E-state index contributed by atoms with van der Waals surface area (Å²) in [5.41, 5.74) is 5.43. The smallest absolute Gasteiger partial charge is 0.337 e. The van der Waals surface area contributed by atoms with Gasteiger partial charge >= 0.3 is 11.7 Å². The first-order valence-corrected chi connectivity index (χ1v) is 8.73. The van der Waals surface area contributed by atoms with Crippen LogP contribution >= 0.6 is 0 Å². The molecule has 2 rings (SSSR count). The second-order valence-electron chi connectivity index (χ2n) is 7.76. The van der Waals surface area contributed by atoms with E-state index in [1.54, 1.807) is 37.6 Å². The van der Waals surface area contributed by atoms with Gasteiger partial charge in [0, 0.05) is 12.7 Å². The molecule has 1 unspecified atom stereocenters. The molecule has 0 aliphatic heterocycles. The van der Waals surface area contributed by atoms with Crippen molar-refractivity contribution in [2.45, 2.75) is 53.6 Å². The summed E-state index contributed by atoms with van der Waals surface area (Å²) in [6.07, 6.45) is 3.99. The maximum Gasteiger partial charge on any atom is 0.337 e. The van der Waals surface area contributed by atoms with Crippen molar-refractivity contribution >= 4 is 23.0 Å². The topological polar surface area (TPSA) is 112 Å². The zero-order valence-corrected chi connectivity index (χ0v) is 15.9. The number of rotatable bonds is 5. The second-order valence-corrected chi connectivity index (χ2v) is 7.76. The Balaban J connectivity index is 2.52. The van der Waals surface area contributed by atoms with Gasteiger partial charge in [-0.05, 0) is 17.4 Å². The zero-order valence-electron chi connectivity index (χ0n) is 15.9. The van der Waals surface area contributed by atoms with Crippen LogP contribution < -0.4 is 16.7 Å². The first-order valence-electron chi connectivity index (χ1n) is 8.73. The van der Waals surface area contributed by atoms with E-state index in [-0.39, 0.29) is 5.92 Å². The fourth-order valence-corrected chi connectivity index (χ4v) is 2.82. The highest BCUT2D eigenvalue weighted by Gasteiger charge is 2.32. The molecule has 0 aromatic carbocycles. The molecule has 0 fully saturated rings. The van der Waals surface area contributed by atoms with Crippen LogP contribution in [-0.4, -0.2) is 32.1 Å². The first kappa shape index (κ1) is 19.7. The minimum Gasteiger partial charge on any atom is -0.368 e. The van der Waals surface area contributed by atoms with Crippen LogP contribution in [0.25, 0.3) is 11.0 Å². The molecule has 2 atom stereocenters. The number of aromatic nitrogens is 3. The number of nitrogens with two attached hydrogens (primary N) is 1. The van der Waals surface area contributed by atoms with Crippen molar-refractivity contribution in [2.75, 3.05) is 0 Å². The predicted octanol–water partition coefficient (Wildman–Crippen LogP) is 1.70. The number of amides is 2. The maximum atomic E-state index is 12.9. The van der Waals surface area contributed by atoms with Crippen LogP contribution in [0.4, 0.5) is 4.79 Å². The van der Waals surface area contributed by atoms with E-state index in [1.807, 2.05) is 13.8 Å². The summed E-state index contributed by atoms with van der Waals surface area (Å²) in [5.74, 6) is -0.383. The van der Waals surface area contributed by atoms with Crippen LogP contribution in [0.5, 0.6) is 0 Å². The number of hydrogen-bond donors (Lipinski definition) is 2. The van der Waals surface area contributed by atoms with Gasteiger partial charge in [-0.3, -0.25) is 14.3 Å². The Morgan fingerprint density at radius 1 is 1.31 bits per heavy atom. The Bertz CT molecular complexity index is 875. The van der Waals surface area contributed by atoms with E-state index < -0.39 is 29.1 Å². The molecule has 0 aliphatic carbocycles. The van der Waals surface area contributed by atoms with Crippen molar-refractivity contribution < 1.29 is 9.59 Å². The summed E-state index contributed by atoms with van der Waals surface area (Å²) in [6.45, 7) is 9.94. The minimum absolute atomic E-state index is 0.267. The van der Waals surface area contributed by atoms with Gasteiger partial charge in [-0.1, -0.05) is 41.0 Å². The van der Waals surface area contributed by atoms with E-state index in [1.165, 1.54) is 6.20 Å². The Kier molecular flexibility index (Phi) is 5.53. The Morgan fingerprint density at radius 3 is 2.50 bits per heavy atom. The summed E-state index contributed by atoms with van der Waals surface area (Å²) in [6, 6.07) is 0.0318. The molecule has 8 heteroatoms. The van der Waals surface area contributed by atoms with Crippen LogP contribution in [0.3, 0.4) is 0 Å². The van der Waals surface area contributed by atoms with Crippen molar-refractivity contribution in [3.05, 3.63) is 28.9 Å². The summed E-state index contributed by atoms with van der Waals surface area (Å²) < 4.78 is 2.59. The summed E-state index contributed by atoms with van der Waals surface area (Å²) in [4.78, 5) is 41.5. The van der Waals surface area contributed by atoms with E-state index in [9.17, 15) is 14.4 Å². The normalized spacial score (nSPS) is 14.2. The van der Waals surface area contributed by atoms with Gasteiger partial charge in [0.2, 0.25) is 5.91 Å². The van der Waals surface area contributed by atoms with Crippen LogP contribution in [-0.2, 0) is 11.3 Å². The van der Waals surface area contributed by atoms with Crippen molar-refractivity contribution in [3.8, 4) is 0 Å². The van der Waals surface area contributed by atoms with Crippen LogP contribution in [0.2, 0.25) is 0 Å². The van der Waals surface area contributed by atoms with Gasteiger partial charge in [-0.15, -0.1) is 0 Å². The van der Waals surface area contributed by atoms with Gasteiger partial charge in [0.25, 0.3) is 0 Å². The van der Waals surface area contributed by atoms with Crippen molar-refractivity contribution in [3.63, 3.8) is 0 Å². The lowest BCUT2D eigenvalue weighted by Gasteiger charge is -2.28. The van der Waals surface area contributed by atoms with Crippen molar-refractivity contribution in [2.24, 2.45) is 17.1 Å². The van der Waals surface area contributed by atoms with Crippen LogP contribution in [0.15, 0.2) is 23.3 Å². The SMILES string of the molecule is CCC(C)Cn1c(=O)n(C(=O)N[C@H](C(N)=O)C(C)(C)C)c2ccncc21. The molecule has 2 amide bonds. The molecule has 8 nitrogen and oxygen atoms in total. The van der Waals surface area contributed by atoms with E-state index in [0.29, 0.717) is 17.6 Å². The third-order valence-corrected chi connectivity index (χ3v) is 4.54. The van der Waals surface area contributed by atoms with Gasteiger partial charge in [0.1, 0.15) is 6.04 Å². The number of hydrogen-bond acceptors (Lipinski definition) is 4. The Morgan fingerprint density at radius 2 is 1.96 bits per heavy atom. The summed E-state index contributed by atoms with van der Waals surface area (Å²) in [7, 11) is 0. The van der Waals surface area contributed by atoms with E-state index in [0.717, 1.165) is 11.0 Å². The number of primary amides is 1. The molecule has 0 radical (unpaired) electrons. The second kappa shape index (κ2) is 7.31. The molecule has 0 saturated heterocycles. The molecule has 2 aromatic heterocycles. The highest BCUT2D eigenvalue weighted by Crippen LogP contribution is 2.20. The van der Waals surface area contributed by atoms with E-state index >= 15 is 0 Å². The molecule has 0 bridgehead atoms. The Hall–Kier alpha value is -2.64. The van der Waals surface area contributed by atoms with Gasteiger partial charge in [0.15, 0.2) is 0 Å². The molecule has 0 spiro atoms. The summed E-state index contributed by atoms with van der Waals surface area (Å²) in [5, 5.41) is 2.60. The molecule has 142 valence electrons. The highest BCUT2D eigenvalue weighted by molar-refractivity contribution is 5.92. The Labute approximate surface area is 152 Å². The van der Waals surface area contributed by atoms with Crippen LogP contribution in [0, 0.1) is 11.3 Å². The molecular formula is C18H27N5O3. The standard InChI is InChI=1S/C18H27N5O3/c1-6-11(2)10-22-13-9-20-8-7-12(13)23(17(22)26)16(25)21-14(15(19)24)18(3,4)5/h7-9,11,14H,6,10H2,1-5H3,(H2,19,24)(H,21,25)/t11?,14-/m1/s1. The van der Waals surface area contributed by atoms with Gasteiger partial charge in [-0.2, -0.15) is 0 Å². The third kappa shape index (κ3) is 3.79.